The number of hydrogen-bond acceptors (Lipinski definition) is 7. The molecule has 1 aliphatic heterocycles. The van der Waals surface area contributed by atoms with Crippen molar-refractivity contribution < 1.29 is 9.72 Å². The number of nitro benzene ring substituents is 1. The molecule has 2 aliphatic rings. The first kappa shape index (κ1) is 19.7. The average Bonchev–Trinajstić information content (AvgIpc) is 3.46. The number of amides is 1. The van der Waals surface area contributed by atoms with Crippen LogP contribution < -0.4 is 10.2 Å². The van der Waals surface area contributed by atoms with E-state index < -0.39 is 4.92 Å². The molecule has 0 unspecified atom stereocenters. The largest absolute Gasteiger partial charge is 0.341 e. The van der Waals surface area contributed by atoms with Gasteiger partial charge in [0.2, 0.25) is 11.9 Å². The number of benzene rings is 1. The van der Waals surface area contributed by atoms with Gasteiger partial charge in [0.25, 0.3) is 5.69 Å². The fourth-order valence-electron chi connectivity index (χ4n) is 3.50. The zero-order valence-corrected chi connectivity index (χ0v) is 17.1. The molecule has 1 N–H and O–H groups in total. The van der Waals surface area contributed by atoms with E-state index >= 15 is 0 Å². The van der Waals surface area contributed by atoms with Gasteiger partial charge in [-0.1, -0.05) is 30.8 Å². The third kappa shape index (κ3) is 4.52. The topological polar surface area (TPSA) is 106 Å². The zero-order chi connectivity index (χ0) is 20.4. The highest BCUT2D eigenvalue weighted by atomic mass is 32.2. The molecule has 1 saturated heterocycles. The van der Waals surface area contributed by atoms with Crippen molar-refractivity contribution in [2.24, 2.45) is 5.92 Å². The highest BCUT2D eigenvalue weighted by Gasteiger charge is 2.32. The van der Waals surface area contributed by atoms with Crippen LogP contribution in [0.2, 0.25) is 0 Å². The predicted molar refractivity (Wildman–Crippen MR) is 111 cm³/mol. The van der Waals surface area contributed by atoms with Gasteiger partial charge in [-0.2, -0.15) is 0 Å². The van der Waals surface area contributed by atoms with Gasteiger partial charge < -0.3 is 10.2 Å². The summed E-state index contributed by atoms with van der Waals surface area (Å²) in [6.07, 6.45) is 4.51. The summed E-state index contributed by atoms with van der Waals surface area (Å²) in [5, 5.41) is 23.2. The quantitative estimate of drug-likeness (QED) is 0.418. The van der Waals surface area contributed by atoms with Gasteiger partial charge in [0.05, 0.1) is 10.7 Å². The number of piperidine rings is 1. The van der Waals surface area contributed by atoms with Crippen molar-refractivity contribution in [3.8, 4) is 0 Å². The molecule has 154 valence electrons. The Hall–Kier alpha value is -2.62. The summed E-state index contributed by atoms with van der Waals surface area (Å²) in [4.78, 5) is 25.3. The Labute approximate surface area is 173 Å². The van der Waals surface area contributed by atoms with Crippen molar-refractivity contribution in [1.82, 2.24) is 14.8 Å². The molecule has 1 aliphatic carbocycles. The number of nitro groups is 1. The van der Waals surface area contributed by atoms with Gasteiger partial charge in [0.15, 0.2) is 5.16 Å². The predicted octanol–water partition coefficient (Wildman–Crippen LogP) is 3.49. The van der Waals surface area contributed by atoms with Crippen molar-refractivity contribution >= 4 is 35.0 Å². The Morgan fingerprint density at radius 1 is 1.24 bits per heavy atom. The Balaban J connectivity index is 1.42. The second-order valence-corrected chi connectivity index (χ2v) is 8.61. The van der Waals surface area contributed by atoms with E-state index in [-0.39, 0.29) is 23.0 Å². The number of carbonyl (C=O) groups excluding carboxylic acids is 1. The molecule has 0 radical (unpaired) electrons. The molecular weight excluding hydrogens is 392 g/mol. The summed E-state index contributed by atoms with van der Waals surface area (Å²) in [5.41, 5.74) is 0.0866. The number of carbonyl (C=O) groups is 1. The van der Waals surface area contributed by atoms with Crippen LogP contribution in [-0.4, -0.2) is 44.4 Å². The van der Waals surface area contributed by atoms with Crippen molar-refractivity contribution in [2.75, 3.05) is 29.1 Å². The lowest BCUT2D eigenvalue weighted by Crippen LogP contribution is -2.34. The Morgan fingerprint density at radius 3 is 2.66 bits per heavy atom. The molecule has 2 heterocycles. The van der Waals surface area contributed by atoms with Crippen LogP contribution in [0, 0.1) is 16.0 Å². The lowest BCUT2D eigenvalue weighted by atomic mass is 10.00. The number of nitrogens with zero attached hydrogens (tertiary/aromatic N) is 5. The fourth-order valence-corrected chi connectivity index (χ4v) is 4.30. The minimum atomic E-state index is -0.502. The number of para-hydroxylation sites is 2. The molecule has 1 amide bonds. The van der Waals surface area contributed by atoms with Crippen LogP contribution >= 0.6 is 11.8 Å². The average molecular weight is 417 g/mol. The molecule has 10 heteroatoms. The number of rotatable bonds is 7. The third-order valence-corrected chi connectivity index (χ3v) is 6.28. The molecule has 29 heavy (non-hydrogen) atoms. The maximum Gasteiger partial charge on any atom is 0.292 e. The van der Waals surface area contributed by atoms with E-state index in [0.29, 0.717) is 6.04 Å². The van der Waals surface area contributed by atoms with Crippen molar-refractivity contribution in [2.45, 2.75) is 43.8 Å². The first-order valence-electron chi connectivity index (χ1n) is 9.89. The molecular formula is C19H24N6O3S. The standard InChI is InChI=1S/C19H24N6O3S/c1-13-8-10-23(11-9-13)18-21-22-19(24(18)14-6-7-14)29-12-17(26)20-15-4-2-3-5-16(15)25(27)28/h2-5,13-14H,6-12H2,1H3,(H,20,26). The molecule has 4 rings (SSSR count). The second kappa shape index (κ2) is 8.40. The zero-order valence-electron chi connectivity index (χ0n) is 16.3. The molecule has 0 spiro atoms. The first-order valence-corrected chi connectivity index (χ1v) is 10.9. The van der Waals surface area contributed by atoms with Gasteiger partial charge in [-0.05, 0) is 37.7 Å². The molecule has 1 aromatic carbocycles. The van der Waals surface area contributed by atoms with Gasteiger partial charge in [-0.15, -0.1) is 10.2 Å². The van der Waals surface area contributed by atoms with Crippen LogP contribution in [0.4, 0.5) is 17.3 Å². The number of hydrogen-bond donors (Lipinski definition) is 1. The van der Waals surface area contributed by atoms with Gasteiger partial charge in [-0.25, -0.2) is 0 Å². The summed E-state index contributed by atoms with van der Waals surface area (Å²) in [6.45, 7) is 4.24. The lowest BCUT2D eigenvalue weighted by molar-refractivity contribution is -0.383. The second-order valence-electron chi connectivity index (χ2n) is 7.66. The van der Waals surface area contributed by atoms with E-state index in [0.717, 1.165) is 55.8 Å². The third-order valence-electron chi connectivity index (χ3n) is 5.33. The SMILES string of the molecule is CC1CCN(c2nnc(SCC(=O)Nc3ccccc3[N+](=O)[O-])n2C2CC2)CC1. The molecule has 0 bridgehead atoms. The van der Waals surface area contributed by atoms with Crippen molar-refractivity contribution in [1.29, 1.82) is 0 Å². The van der Waals surface area contributed by atoms with Crippen molar-refractivity contribution in [3.63, 3.8) is 0 Å². The lowest BCUT2D eigenvalue weighted by Gasteiger charge is -2.31. The van der Waals surface area contributed by atoms with Crippen LogP contribution in [0.1, 0.15) is 38.6 Å². The van der Waals surface area contributed by atoms with Crippen LogP contribution in [0.3, 0.4) is 0 Å². The van der Waals surface area contributed by atoms with E-state index in [1.807, 2.05) is 0 Å². The number of thioether (sulfide) groups is 1. The highest BCUT2D eigenvalue weighted by Crippen LogP contribution is 2.41. The summed E-state index contributed by atoms with van der Waals surface area (Å²) < 4.78 is 2.17. The molecule has 1 saturated carbocycles. The van der Waals surface area contributed by atoms with Crippen LogP contribution in [0.25, 0.3) is 0 Å². The van der Waals surface area contributed by atoms with Crippen LogP contribution in [0.15, 0.2) is 29.4 Å². The van der Waals surface area contributed by atoms with Crippen molar-refractivity contribution in [3.05, 3.63) is 34.4 Å². The van der Waals surface area contributed by atoms with E-state index in [1.165, 1.54) is 23.9 Å². The number of nitrogens with one attached hydrogen (secondary N) is 1. The van der Waals surface area contributed by atoms with E-state index in [2.05, 4.69) is 31.9 Å². The van der Waals surface area contributed by atoms with E-state index in [1.54, 1.807) is 12.1 Å². The van der Waals surface area contributed by atoms with Crippen LogP contribution in [0.5, 0.6) is 0 Å². The molecule has 2 fully saturated rings. The van der Waals surface area contributed by atoms with Gasteiger partial charge >= 0.3 is 0 Å². The Morgan fingerprint density at radius 2 is 1.97 bits per heavy atom. The fraction of sp³-hybridized carbons (Fsp3) is 0.526. The minimum absolute atomic E-state index is 0.117. The van der Waals surface area contributed by atoms with Gasteiger partial charge in [-0.3, -0.25) is 19.5 Å². The smallest absolute Gasteiger partial charge is 0.292 e. The summed E-state index contributed by atoms with van der Waals surface area (Å²) in [5.74, 6) is 1.46. The molecule has 0 atom stereocenters. The monoisotopic (exact) mass is 416 g/mol. The Kier molecular flexibility index (Phi) is 5.70. The number of aromatic nitrogens is 3. The van der Waals surface area contributed by atoms with Gasteiger partial charge in [0, 0.05) is 25.2 Å². The normalized spacial score (nSPS) is 17.3. The highest BCUT2D eigenvalue weighted by molar-refractivity contribution is 7.99. The van der Waals surface area contributed by atoms with E-state index in [9.17, 15) is 14.9 Å². The van der Waals surface area contributed by atoms with Gasteiger partial charge in [0.1, 0.15) is 5.69 Å². The molecule has 1 aromatic heterocycles. The maximum atomic E-state index is 12.4. The van der Waals surface area contributed by atoms with E-state index in [4.69, 9.17) is 0 Å². The minimum Gasteiger partial charge on any atom is -0.341 e. The Bertz CT molecular complexity index is 905. The first-order chi connectivity index (χ1) is 14.0. The summed E-state index contributed by atoms with van der Waals surface area (Å²) in [7, 11) is 0. The maximum absolute atomic E-state index is 12.4. The number of anilines is 2. The summed E-state index contributed by atoms with van der Waals surface area (Å²) in [6, 6.07) is 6.54. The van der Waals surface area contributed by atoms with Crippen LogP contribution in [-0.2, 0) is 4.79 Å². The molecule has 2 aromatic rings. The summed E-state index contributed by atoms with van der Waals surface area (Å²) >= 11 is 1.32. The molecule has 9 nitrogen and oxygen atoms in total.